The maximum Gasteiger partial charge on any atom is 0.257 e. The molecule has 116 valence electrons. The molecule has 3 aromatic rings. The molecule has 0 spiro atoms. The summed E-state index contributed by atoms with van der Waals surface area (Å²) < 4.78 is 0. The van der Waals surface area contributed by atoms with Crippen LogP contribution in [-0.2, 0) is 0 Å². The first-order valence-corrected chi connectivity index (χ1v) is 8.39. The Morgan fingerprint density at radius 2 is 2.00 bits per heavy atom. The van der Waals surface area contributed by atoms with Gasteiger partial charge in [-0.2, -0.15) is 0 Å². The van der Waals surface area contributed by atoms with E-state index in [0.29, 0.717) is 15.7 Å². The van der Waals surface area contributed by atoms with Crippen molar-refractivity contribution in [3.05, 3.63) is 69.6 Å². The van der Waals surface area contributed by atoms with Gasteiger partial charge < -0.3 is 0 Å². The van der Waals surface area contributed by atoms with Crippen LogP contribution >= 0.6 is 22.9 Å². The Bertz CT molecular complexity index is 873. The van der Waals surface area contributed by atoms with Gasteiger partial charge in [0.05, 0.1) is 5.69 Å². The van der Waals surface area contributed by atoms with Crippen molar-refractivity contribution < 1.29 is 4.79 Å². The molecular weight excluding hydrogens is 328 g/mol. The highest BCUT2D eigenvalue weighted by Gasteiger charge is 2.11. The van der Waals surface area contributed by atoms with Crippen LogP contribution in [0.4, 0.5) is 5.13 Å². The van der Waals surface area contributed by atoms with E-state index in [1.54, 1.807) is 24.3 Å². The molecule has 3 nitrogen and oxygen atoms in total. The minimum absolute atomic E-state index is 0.214. The van der Waals surface area contributed by atoms with Crippen molar-refractivity contribution in [1.29, 1.82) is 0 Å². The molecule has 0 atom stereocenters. The van der Waals surface area contributed by atoms with E-state index in [1.807, 2.05) is 5.38 Å². The Morgan fingerprint density at radius 3 is 2.78 bits per heavy atom. The molecule has 1 amide bonds. The van der Waals surface area contributed by atoms with E-state index in [1.165, 1.54) is 16.9 Å². The maximum atomic E-state index is 12.2. The molecule has 5 heteroatoms. The fourth-order valence-electron chi connectivity index (χ4n) is 2.27. The lowest BCUT2D eigenvalue weighted by Gasteiger charge is -2.04. The fourth-order valence-corrected chi connectivity index (χ4v) is 3.16. The van der Waals surface area contributed by atoms with Crippen molar-refractivity contribution in [1.82, 2.24) is 4.98 Å². The molecule has 0 aliphatic rings. The van der Waals surface area contributed by atoms with Gasteiger partial charge in [0.2, 0.25) is 0 Å². The quantitative estimate of drug-likeness (QED) is 0.698. The Morgan fingerprint density at radius 1 is 1.17 bits per heavy atom. The molecule has 0 bridgehead atoms. The van der Waals surface area contributed by atoms with Gasteiger partial charge in [0.1, 0.15) is 0 Å². The molecule has 2 aromatic carbocycles. The molecular formula is C18H15ClN2OS. The normalized spacial score (nSPS) is 10.6. The van der Waals surface area contributed by atoms with Crippen LogP contribution in [0.2, 0.25) is 5.02 Å². The summed E-state index contributed by atoms with van der Waals surface area (Å²) in [5.74, 6) is -0.214. The number of aryl methyl sites for hydroxylation is 2. The lowest BCUT2D eigenvalue weighted by molar-refractivity contribution is 0.102. The lowest BCUT2D eigenvalue weighted by Crippen LogP contribution is -2.11. The van der Waals surface area contributed by atoms with Gasteiger partial charge in [0, 0.05) is 21.5 Å². The minimum atomic E-state index is -0.214. The number of anilines is 1. The van der Waals surface area contributed by atoms with Crippen molar-refractivity contribution >= 4 is 34.0 Å². The summed E-state index contributed by atoms with van der Waals surface area (Å²) in [5, 5.41) is 5.88. The van der Waals surface area contributed by atoms with Crippen LogP contribution in [0.3, 0.4) is 0 Å². The SMILES string of the molecule is Cc1ccc(C)c(-c2csc(NC(=O)c3cccc(Cl)c3)n2)c1. The van der Waals surface area contributed by atoms with Crippen LogP contribution < -0.4 is 5.32 Å². The van der Waals surface area contributed by atoms with Crippen LogP contribution in [0.1, 0.15) is 21.5 Å². The van der Waals surface area contributed by atoms with Gasteiger partial charge in [-0.05, 0) is 43.7 Å². The number of rotatable bonds is 3. The monoisotopic (exact) mass is 342 g/mol. The highest BCUT2D eigenvalue weighted by atomic mass is 35.5. The smallest absolute Gasteiger partial charge is 0.257 e. The molecule has 0 aliphatic heterocycles. The van der Waals surface area contributed by atoms with E-state index in [2.05, 4.69) is 42.3 Å². The lowest BCUT2D eigenvalue weighted by atomic mass is 10.0. The molecule has 1 heterocycles. The van der Waals surface area contributed by atoms with Gasteiger partial charge in [-0.25, -0.2) is 4.98 Å². The summed E-state index contributed by atoms with van der Waals surface area (Å²) in [4.78, 5) is 16.8. The Labute approximate surface area is 144 Å². The molecule has 1 aromatic heterocycles. The zero-order valence-electron chi connectivity index (χ0n) is 12.8. The number of nitrogens with one attached hydrogen (secondary N) is 1. The molecule has 1 N–H and O–H groups in total. The summed E-state index contributed by atoms with van der Waals surface area (Å²) in [6.07, 6.45) is 0. The van der Waals surface area contributed by atoms with E-state index < -0.39 is 0 Å². The second-order valence-corrected chi connectivity index (χ2v) is 6.62. The third kappa shape index (κ3) is 3.60. The number of aromatic nitrogens is 1. The zero-order valence-corrected chi connectivity index (χ0v) is 14.3. The molecule has 23 heavy (non-hydrogen) atoms. The summed E-state index contributed by atoms with van der Waals surface area (Å²) in [6.45, 7) is 4.11. The van der Waals surface area contributed by atoms with E-state index in [-0.39, 0.29) is 5.91 Å². The van der Waals surface area contributed by atoms with E-state index in [0.717, 1.165) is 16.8 Å². The topological polar surface area (TPSA) is 42.0 Å². The number of hydrogen-bond donors (Lipinski definition) is 1. The summed E-state index contributed by atoms with van der Waals surface area (Å²) >= 11 is 7.33. The van der Waals surface area contributed by atoms with Gasteiger partial charge >= 0.3 is 0 Å². The molecule has 0 saturated carbocycles. The highest BCUT2D eigenvalue weighted by molar-refractivity contribution is 7.14. The largest absolute Gasteiger partial charge is 0.298 e. The predicted molar refractivity (Wildman–Crippen MR) is 96.4 cm³/mol. The number of carbonyl (C=O) groups is 1. The van der Waals surface area contributed by atoms with Gasteiger partial charge in [-0.15, -0.1) is 11.3 Å². The zero-order chi connectivity index (χ0) is 16.4. The molecule has 0 saturated heterocycles. The van der Waals surface area contributed by atoms with Crippen molar-refractivity contribution in [3.63, 3.8) is 0 Å². The molecule has 0 aliphatic carbocycles. The average molecular weight is 343 g/mol. The van der Waals surface area contributed by atoms with Gasteiger partial charge in [-0.3, -0.25) is 10.1 Å². The van der Waals surface area contributed by atoms with E-state index in [9.17, 15) is 4.79 Å². The van der Waals surface area contributed by atoms with E-state index in [4.69, 9.17) is 11.6 Å². The molecule has 0 unspecified atom stereocenters. The highest BCUT2D eigenvalue weighted by Crippen LogP contribution is 2.28. The molecule has 0 fully saturated rings. The van der Waals surface area contributed by atoms with Crippen LogP contribution in [0.5, 0.6) is 0 Å². The number of carbonyl (C=O) groups excluding carboxylic acids is 1. The first-order chi connectivity index (χ1) is 11.0. The van der Waals surface area contributed by atoms with Crippen LogP contribution in [0.15, 0.2) is 47.8 Å². The van der Waals surface area contributed by atoms with Crippen molar-refractivity contribution in [2.24, 2.45) is 0 Å². The first-order valence-electron chi connectivity index (χ1n) is 7.13. The Balaban J connectivity index is 1.82. The predicted octanol–water partition coefficient (Wildman–Crippen LogP) is 5.33. The second-order valence-electron chi connectivity index (χ2n) is 5.32. The standard InChI is InChI=1S/C18H15ClN2OS/c1-11-6-7-12(2)15(8-11)16-10-23-18(20-16)21-17(22)13-4-3-5-14(19)9-13/h3-10H,1-2H3,(H,20,21,22). The summed E-state index contributed by atoms with van der Waals surface area (Å²) in [7, 11) is 0. The van der Waals surface area contributed by atoms with Gasteiger partial charge in [0.15, 0.2) is 5.13 Å². The number of hydrogen-bond acceptors (Lipinski definition) is 3. The second kappa shape index (κ2) is 6.52. The number of nitrogens with zero attached hydrogens (tertiary/aromatic N) is 1. The molecule has 0 radical (unpaired) electrons. The van der Waals surface area contributed by atoms with Crippen LogP contribution in [-0.4, -0.2) is 10.9 Å². The maximum absolute atomic E-state index is 12.2. The van der Waals surface area contributed by atoms with Gasteiger partial charge in [-0.1, -0.05) is 35.4 Å². The van der Waals surface area contributed by atoms with Crippen molar-refractivity contribution in [3.8, 4) is 11.3 Å². The number of benzene rings is 2. The van der Waals surface area contributed by atoms with Crippen molar-refractivity contribution in [2.75, 3.05) is 5.32 Å². The van der Waals surface area contributed by atoms with E-state index >= 15 is 0 Å². The number of amides is 1. The molecule has 3 rings (SSSR count). The fraction of sp³-hybridized carbons (Fsp3) is 0.111. The summed E-state index contributed by atoms with van der Waals surface area (Å²) in [6, 6.07) is 13.1. The minimum Gasteiger partial charge on any atom is -0.298 e. The number of halogens is 1. The van der Waals surface area contributed by atoms with Crippen LogP contribution in [0.25, 0.3) is 11.3 Å². The van der Waals surface area contributed by atoms with Crippen molar-refractivity contribution in [2.45, 2.75) is 13.8 Å². The van der Waals surface area contributed by atoms with Crippen LogP contribution in [0, 0.1) is 13.8 Å². The van der Waals surface area contributed by atoms with Gasteiger partial charge in [0.25, 0.3) is 5.91 Å². The summed E-state index contributed by atoms with van der Waals surface area (Å²) in [5.41, 5.74) is 4.82. The average Bonchev–Trinajstić information content (AvgIpc) is 2.98. The first kappa shape index (κ1) is 15.7. The third-order valence-electron chi connectivity index (χ3n) is 3.48. The Kier molecular flexibility index (Phi) is 4.46. The third-order valence-corrected chi connectivity index (χ3v) is 4.47. The number of thiazole rings is 1. The Hall–Kier alpha value is -2.17.